The number of aromatic nitrogens is 3. The number of carbonyl (C=O) groups is 1. The Morgan fingerprint density at radius 3 is 3.11 bits per heavy atom. The summed E-state index contributed by atoms with van der Waals surface area (Å²) in [5, 5.41) is 9.51. The van der Waals surface area contributed by atoms with Crippen LogP contribution in [0.2, 0.25) is 0 Å². The summed E-state index contributed by atoms with van der Waals surface area (Å²) >= 11 is 1.25. The summed E-state index contributed by atoms with van der Waals surface area (Å²) < 4.78 is 17.8. The van der Waals surface area contributed by atoms with Crippen molar-refractivity contribution in [2.45, 2.75) is 49.4 Å². The van der Waals surface area contributed by atoms with Gasteiger partial charge in [-0.15, -0.1) is 5.10 Å². The average molecular weight is 406 g/mol. The Kier molecular flexibility index (Phi) is 5.58. The fourth-order valence-corrected chi connectivity index (χ4v) is 4.03. The maximum atomic E-state index is 12.5. The van der Waals surface area contributed by atoms with E-state index in [2.05, 4.69) is 15.5 Å². The van der Waals surface area contributed by atoms with E-state index in [1.54, 1.807) is 11.5 Å². The largest absolute Gasteiger partial charge is 0.454 e. The highest BCUT2D eigenvalue weighted by Crippen LogP contribution is 2.32. The smallest absolute Gasteiger partial charge is 0.344 e. The van der Waals surface area contributed by atoms with Gasteiger partial charge in [0.1, 0.15) is 0 Å². The molecule has 2 atom stereocenters. The minimum atomic E-state index is -0.410. The van der Waals surface area contributed by atoms with Crippen LogP contribution in [0.25, 0.3) is 0 Å². The van der Waals surface area contributed by atoms with Crippen LogP contribution in [0.15, 0.2) is 28.2 Å². The lowest BCUT2D eigenvalue weighted by Crippen LogP contribution is -2.31. The van der Waals surface area contributed by atoms with Crippen LogP contribution in [-0.4, -0.2) is 45.4 Å². The van der Waals surface area contributed by atoms with E-state index in [0.29, 0.717) is 29.7 Å². The van der Waals surface area contributed by atoms with Crippen molar-refractivity contribution in [3.05, 3.63) is 34.2 Å². The molecule has 4 rings (SSSR count). The number of benzene rings is 1. The summed E-state index contributed by atoms with van der Waals surface area (Å²) in [5.41, 5.74) is 0.635. The molecule has 0 bridgehead atoms. The Balaban J connectivity index is 1.34. The van der Waals surface area contributed by atoms with Crippen molar-refractivity contribution < 1.29 is 19.0 Å². The highest BCUT2D eigenvalue weighted by Gasteiger charge is 2.23. The van der Waals surface area contributed by atoms with Gasteiger partial charge in [0.25, 0.3) is 0 Å². The number of fused-ring (bicyclic) bond motifs is 1. The number of carbonyl (C=O) groups excluding carboxylic acids is 1. The Labute approximate surface area is 165 Å². The third-order valence-electron chi connectivity index (χ3n) is 4.69. The molecule has 0 saturated carbocycles. The second kappa shape index (κ2) is 8.27. The average Bonchev–Trinajstić information content (AvgIpc) is 3.43. The van der Waals surface area contributed by atoms with Crippen LogP contribution in [0.1, 0.15) is 25.3 Å². The molecule has 2 aromatic rings. The van der Waals surface area contributed by atoms with Crippen molar-refractivity contribution in [3.63, 3.8) is 0 Å². The van der Waals surface area contributed by atoms with Crippen LogP contribution in [0, 0.1) is 0 Å². The summed E-state index contributed by atoms with van der Waals surface area (Å²) in [6.45, 7) is 3.55. The number of ether oxygens (including phenoxy) is 3. The van der Waals surface area contributed by atoms with Gasteiger partial charge in [0.05, 0.1) is 17.9 Å². The quantitative estimate of drug-likeness (QED) is 0.667. The molecule has 2 aliphatic rings. The van der Waals surface area contributed by atoms with Crippen molar-refractivity contribution in [1.29, 1.82) is 0 Å². The van der Waals surface area contributed by atoms with Gasteiger partial charge in [-0.3, -0.25) is 9.36 Å². The minimum absolute atomic E-state index is 0.0183. The molecule has 150 valence electrons. The van der Waals surface area contributed by atoms with Gasteiger partial charge >= 0.3 is 5.69 Å². The fourth-order valence-electron chi connectivity index (χ4n) is 3.14. The van der Waals surface area contributed by atoms with Gasteiger partial charge in [-0.25, -0.2) is 9.89 Å². The predicted molar refractivity (Wildman–Crippen MR) is 102 cm³/mol. The van der Waals surface area contributed by atoms with Crippen molar-refractivity contribution in [2.24, 2.45) is 0 Å². The lowest BCUT2D eigenvalue weighted by atomic mass is 10.2. The lowest BCUT2D eigenvalue weighted by Gasteiger charge is -2.14. The predicted octanol–water partition coefficient (Wildman–Crippen LogP) is 1.28. The summed E-state index contributed by atoms with van der Waals surface area (Å²) in [5.74, 6) is 1.26. The number of H-pyrrole nitrogens is 1. The van der Waals surface area contributed by atoms with E-state index in [0.717, 1.165) is 25.0 Å². The van der Waals surface area contributed by atoms with Gasteiger partial charge in [0.2, 0.25) is 12.7 Å². The maximum absolute atomic E-state index is 12.5. The molecular weight excluding hydrogens is 384 g/mol. The van der Waals surface area contributed by atoms with Crippen LogP contribution in [0.4, 0.5) is 0 Å². The molecule has 0 radical (unpaired) electrons. The Morgan fingerprint density at radius 2 is 2.29 bits per heavy atom. The molecule has 2 N–H and O–H groups in total. The van der Waals surface area contributed by atoms with E-state index >= 15 is 0 Å². The van der Waals surface area contributed by atoms with Crippen LogP contribution < -0.4 is 20.5 Å². The zero-order chi connectivity index (χ0) is 19.5. The summed E-state index contributed by atoms with van der Waals surface area (Å²) in [4.78, 5) is 24.5. The number of hydrogen-bond donors (Lipinski definition) is 2. The molecule has 28 heavy (non-hydrogen) atoms. The summed E-state index contributed by atoms with van der Waals surface area (Å²) in [6.07, 6.45) is 1.94. The fraction of sp³-hybridized carbons (Fsp3) is 0.500. The number of amides is 1. The van der Waals surface area contributed by atoms with Crippen LogP contribution in [-0.2, 0) is 22.6 Å². The molecule has 3 heterocycles. The zero-order valence-corrected chi connectivity index (χ0v) is 16.3. The third-order valence-corrected chi connectivity index (χ3v) is 5.78. The van der Waals surface area contributed by atoms with E-state index < -0.39 is 5.25 Å². The SMILES string of the molecule is C[C@@H](Sc1n[nH]c(=O)n1C[C@H]1CCCO1)C(=O)NCc1ccc2c(c1)OCO2. The lowest BCUT2D eigenvalue weighted by molar-refractivity contribution is -0.120. The van der Waals surface area contributed by atoms with E-state index in [1.807, 2.05) is 18.2 Å². The number of nitrogens with zero attached hydrogens (tertiary/aromatic N) is 2. The topological polar surface area (TPSA) is 107 Å². The van der Waals surface area contributed by atoms with Crippen LogP contribution >= 0.6 is 11.8 Å². The first-order valence-corrected chi connectivity index (χ1v) is 10.1. The molecule has 0 spiro atoms. The van der Waals surface area contributed by atoms with Crippen molar-refractivity contribution in [1.82, 2.24) is 20.1 Å². The van der Waals surface area contributed by atoms with Gasteiger partial charge < -0.3 is 19.5 Å². The first-order valence-electron chi connectivity index (χ1n) is 9.20. The molecule has 1 saturated heterocycles. The van der Waals surface area contributed by atoms with Gasteiger partial charge in [-0.05, 0) is 37.5 Å². The second-order valence-corrected chi connectivity index (χ2v) is 8.03. The van der Waals surface area contributed by atoms with Gasteiger partial charge in [0.15, 0.2) is 16.7 Å². The first kappa shape index (κ1) is 18.9. The third kappa shape index (κ3) is 4.17. The summed E-state index contributed by atoms with van der Waals surface area (Å²) in [7, 11) is 0. The Morgan fingerprint density at radius 1 is 1.43 bits per heavy atom. The molecule has 1 aromatic carbocycles. The molecular formula is C18H22N4O5S. The number of aromatic amines is 1. The Bertz CT molecular complexity index is 906. The normalized spacial score (nSPS) is 19.0. The van der Waals surface area contributed by atoms with E-state index in [4.69, 9.17) is 14.2 Å². The highest BCUT2D eigenvalue weighted by molar-refractivity contribution is 8.00. The molecule has 1 aromatic heterocycles. The van der Waals surface area contributed by atoms with Crippen molar-refractivity contribution >= 4 is 17.7 Å². The second-order valence-electron chi connectivity index (χ2n) is 6.72. The van der Waals surface area contributed by atoms with Gasteiger partial charge in [-0.1, -0.05) is 17.8 Å². The van der Waals surface area contributed by atoms with Gasteiger partial charge in [-0.2, -0.15) is 0 Å². The molecule has 2 aliphatic heterocycles. The number of hydrogen-bond acceptors (Lipinski definition) is 7. The molecule has 10 heteroatoms. The number of thioether (sulfide) groups is 1. The molecule has 1 amide bonds. The van der Waals surface area contributed by atoms with Crippen LogP contribution in [0.5, 0.6) is 11.5 Å². The maximum Gasteiger partial charge on any atom is 0.344 e. The molecule has 0 aliphatic carbocycles. The highest BCUT2D eigenvalue weighted by atomic mass is 32.2. The molecule has 0 unspecified atom stereocenters. The number of rotatable bonds is 7. The van der Waals surface area contributed by atoms with E-state index in [-0.39, 0.29) is 24.5 Å². The zero-order valence-electron chi connectivity index (χ0n) is 15.5. The van der Waals surface area contributed by atoms with Crippen molar-refractivity contribution in [3.8, 4) is 11.5 Å². The molecule has 9 nitrogen and oxygen atoms in total. The van der Waals surface area contributed by atoms with Crippen molar-refractivity contribution in [2.75, 3.05) is 13.4 Å². The Hall–Kier alpha value is -2.46. The van der Waals surface area contributed by atoms with E-state index in [9.17, 15) is 9.59 Å². The standard InChI is InChI=1S/C18H22N4O5S/c1-11(16(23)19-8-12-4-5-14-15(7-12)27-10-26-14)28-18-21-20-17(24)22(18)9-13-3-2-6-25-13/h4-5,7,11,13H,2-3,6,8-10H2,1H3,(H,19,23)(H,20,24)/t11-,13-/m1/s1. The molecule has 1 fully saturated rings. The van der Waals surface area contributed by atoms with E-state index in [1.165, 1.54) is 11.8 Å². The summed E-state index contributed by atoms with van der Waals surface area (Å²) in [6, 6.07) is 5.57. The monoisotopic (exact) mass is 406 g/mol. The minimum Gasteiger partial charge on any atom is -0.454 e. The number of nitrogens with one attached hydrogen (secondary N) is 2. The van der Waals surface area contributed by atoms with Crippen LogP contribution in [0.3, 0.4) is 0 Å². The first-order chi connectivity index (χ1) is 13.6. The van der Waals surface area contributed by atoms with Gasteiger partial charge in [0, 0.05) is 13.2 Å².